The SMILES string of the molecule is CCOC(=O)C(C(=O)OCC)c1c(-c2ccc(C)cc2)nc2ccc(C)cn12. The summed E-state index contributed by atoms with van der Waals surface area (Å²) in [5, 5.41) is 0. The molecule has 0 saturated heterocycles. The van der Waals surface area contributed by atoms with E-state index in [2.05, 4.69) is 0 Å². The van der Waals surface area contributed by atoms with Crippen LogP contribution in [0.15, 0.2) is 42.6 Å². The van der Waals surface area contributed by atoms with Crippen molar-refractivity contribution in [2.45, 2.75) is 33.6 Å². The molecule has 0 radical (unpaired) electrons. The standard InChI is InChI=1S/C22H24N2O4/c1-5-27-21(25)18(22(26)28-6-2)20-19(16-10-7-14(3)8-11-16)23-17-12-9-15(4)13-24(17)20/h7-13,18H,5-6H2,1-4H3. The van der Waals surface area contributed by atoms with Gasteiger partial charge in [0, 0.05) is 11.8 Å². The van der Waals surface area contributed by atoms with Gasteiger partial charge < -0.3 is 13.9 Å². The van der Waals surface area contributed by atoms with Gasteiger partial charge in [-0.1, -0.05) is 35.9 Å². The van der Waals surface area contributed by atoms with Gasteiger partial charge in [-0.3, -0.25) is 9.59 Å². The van der Waals surface area contributed by atoms with Crippen molar-refractivity contribution in [3.8, 4) is 11.3 Å². The second-order valence-corrected chi connectivity index (χ2v) is 6.58. The Morgan fingerprint density at radius 2 is 1.50 bits per heavy atom. The summed E-state index contributed by atoms with van der Waals surface area (Å²) in [4.78, 5) is 30.2. The zero-order valence-electron chi connectivity index (χ0n) is 16.6. The Morgan fingerprint density at radius 1 is 0.929 bits per heavy atom. The average Bonchev–Trinajstić information content (AvgIpc) is 3.01. The number of pyridine rings is 1. The maximum absolute atomic E-state index is 12.8. The van der Waals surface area contributed by atoms with E-state index in [1.807, 2.05) is 56.4 Å². The van der Waals surface area contributed by atoms with Crippen molar-refractivity contribution in [3.63, 3.8) is 0 Å². The van der Waals surface area contributed by atoms with Crippen LogP contribution in [-0.2, 0) is 19.1 Å². The molecule has 2 heterocycles. The molecule has 0 amide bonds. The van der Waals surface area contributed by atoms with Gasteiger partial charge in [0.05, 0.1) is 24.6 Å². The Hall–Kier alpha value is -3.15. The van der Waals surface area contributed by atoms with E-state index in [1.165, 1.54) is 0 Å². The Kier molecular flexibility index (Phi) is 5.78. The van der Waals surface area contributed by atoms with Crippen LogP contribution in [0.4, 0.5) is 0 Å². The molecule has 28 heavy (non-hydrogen) atoms. The highest BCUT2D eigenvalue weighted by molar-refractivity contribution is 6.02. The van der Waals surface area contributed by atoms with Crippen LogP contribution in [0.5, 0.6) is 0 Å². The van der Waals surface area contributed by atoms with Crippen molar-refractivity contribution in [3.05, 3.63) is 59.4 Å². The van der Waals surface area contributed by atoms with Crippen molar-refractivity contribution in [1.82, 2.24) is 9.38 Å². The molecule has 3 rings (SSSR count). The highest BCUT2D eigenvalue weighted by Crippen LogP contribution is 2.32. The van der Waals surface area contributed by atoms with Crippen LogP contribution in [-0.4, -0.2) is 34.5 Å². The fraction of sp³-hybridized carbons (Fsp3) is 0.318. The number of fused-ring (bicyclic) bond motifs is 1. The van der Waals surface area contributed by atoms with Crippen LogP contribution in [0.3, 0.4) is 0 Å². The third-order valence-corrected chi connectivity index (χ3v) is 4.45. The molecule has 0 atom stereocenters. The van der Waals surface area contributed by atoms with Crippen LogP contribution < -0.4 is 0 Å². The number of carbonyl (C=O) groups is 2. The molecule has 0 saturated carbocycles. The number of hydrogen-bond acceptors (Lipinski definition) is 5. The molecule has 1 aromatic carbocycles. The van der Waals surface area contributed by atoms with Crippen LogP contribution in [0.25, 0.3) is 16.9 Å². The summed E-state index contributed by atoms with van der Waals surface area (Å²) in [6.07, 6.45) is 1.86. The Morgan fingerprint density at radius 3 is 2.07 bits per heavy atom. The van der Waals surface area contributed by atoms with E-state index >= 15 is 0 Å². The first-order valence-corrected chi connectivity index (χ1v) is 9.35. The van der Waals surface area contributed by atoms with Crippen LogP contribution in [0, 0.1) is 13.8 Å². The highest BCUT2D eigenvalue weighted by Gasteiger charge is 2.37. The van der Waals surface area contributed by atoms with Gasteiger partial charge in [0.1, 0.15) is 5.65 Å². The number of nitrogens with zero attached hydrogens (tertiary/aromatic N) is 2. The lowest BCUT2D eigenvalue weighted by Gasteiger charge is -2.16. The van der Waals surface area contributed by atoms with E-state index in [4.69, 9.17) is 14.5 Å². The number of aromatic nitrogens is 2. The second-order valence-electron chi connectivity index (χ2n) is 6.58. The molecular weight excluding hydrogens is 356 g/mol. The topological polar surface area (TPSA) is 69.9 Å². The summed E-state index contributed by atoms with van der Waals surface area (Å²) in [7, 11) is 0. The maximum atomic E-state index is 12.8. The molecule has 0 bridgehead atoms. The third-order valence-electron chi connectivity index (χ3n) is 4.45. The summed E-state index contributed by atoms with van der Waals surface area (Å²) in [5.41, 5.74) is 4.58. The fourth-order valence-corrected chi connectivity index (χ4v) is 3.14. The smallest absolute Gasteiger partial charge is 0.326 e. The number of rotatable bonds is 6. The summed E-state index contributed by atoms with van der Waals surface area (Å²) in [6.45, 7) is 7.70. The second kappa shape index (κ2) is 8.25. The lowest BCUT2D eigenvalue weighted by atomic mass is 9.99. The third kappa shape index (κ3) is 3.76. The molecule has 3 aromatic rings. The van der Waals surface area contributed by atoms with E-state index in [0.29, 0.717) is 17.0 Å². The molecule has 0 aliphatic carbocycles. The van der Waals surface area contributed by atoms with Crippen LogP contribution >= 0.6 is 0 Å². The number of hydrogen-bond donors (Lipinski definition) is 0. The summed E-state index contributed by atoms with van der Waals surface area (Å²) in [6, 6.07) is 11.6. The molecule has 0 N–H and O–H groups in total. The number of aryl methyl sites for hydroxylation is 2. The van der Waals surface area contributed by atoms with Crippen LogP contribution in [0.1, 0.15) is 36.6 Å². The molecule has 2 aromatic heterocycles. The van der Waals surface area contributed by atoms with E-state index in [9.17, 15) is 9.59 Å². The lowest BCUT2D eigenvalue weighted by Crippen LogP contribution is -2.28. The minimum Gasteiger partial charge on any atom is -0.465 e. The van der Waals surface area contributed by atoms with Crippen molar-refractivity contribution in [2.24, 2.45) is 0 Å². The summed E-state index contributed by atoms with van der Waals surface area (Å²) >= 11 is 0. The molecule has 0 fully saturated rings. The first-order valence-electron chi connectivity index (χ1n) is 9.35. The molecule has 0 aliphatic heterocycles. The summed E-state index contributed by atoms with van der Waals surface area (Å²) in [5.74, 6) is -2.50. The van der Waals surface area contributed by atoms with Gasteiger partial charge in [0.2, 0.25) is 0 Å². The molecule has 0 spiro atoms. The highest BCUT2D eigenvalue weighted by atomic mass is 16.6. The van der Waals surface area contributed by atoms with Gasteiger partial charge in [0.15, 0.2) is 5.92 Å². The first kappa shape index (κ1) is 19.6. The fourth-order valence-electron chi connectivity index (χ4n) is 3.14. The largest absolute Gasteiger partial charge is 0.465 e. The van der Waals surface area contributed by atoms with Gasteiger partial charge in [-0.05, 0) is 39.3 Å². The number of esters is 2. The number of ether oxygens (including phenoxy) is 2. The zero-order chi connectivity index (χ0) is 20.3. The minimum atomic E-state index is -1.21. The zero-order valence-corrected chi connectivity index (χ0v) is 16.6. The molecule has 0 aliphatic rings. The minimum absolute atomic E-state index is 0.171. The predicted molar refractivity (Wildman–Crippen MR) is 106 cm³/mol. The van der Waals surface area contributed by atoms with Crippen molar-refractivity contribution < 1.29 is 19.1 Å². The van der Waals surface area contributed by atoms with Crippen molar-refractivity contribution >= 4 is 17.6 Å². The van der Waals surface area contributed by atoms with Crippen LogP contribution in [0.2, 0.25) is 0 Å². The Balaban J connectivity index is 2.29. The average molecular weight is 380 g/mol. The summed E-state index contributed by atoms with van der Waals surface area (Å²) < 4.78 is 12.2. The van der Waals surface area contributed by atoms with Gasteiger partial charge >= 0.3 is 11.9 Å². The quantitative estimate of drug-likeness (QED) is 0.480. The van der Waals surface area contributed by atoms with Crippen molar-refractivity contribution in [2.75, 3.05) is 13.2 Å². The molecule has 0 unspecified atom stereocenters. The monoisotopic (exact) mass is 380 g/mol. The Labute approximate surface area is 164 Å². The van der Waals surface area contributed by atoms with E-state index < -0.39 is 17.9 Å². The van der Waals surface area contributed by atoms with E-state index in [1.54, 1.807) is 18.2 Å². The van der Waals surface area contributed by atoms with Crippen molar-refractivity contribution in [1.29, 1.82) is 0 Å². The first-order chi connectivity index (χ1) is 13.5. The van der Waals surface area contributed by atoms with Gasteiger partial charge in [0.25, 0.3) is 0 Å². The molecular formula is C22H24N2O4. The molecule has 6 heteroatoms. The number of carbonyl (C=O) groups excluding carboxylic acids is 2. The Bertz CT molecular complexity index is 987. The van der Waals surface area contributed by atoms with E-state index in [-0.39, 0.29) is 13.2 Å². The molecule has 6 nitrogen and oxygen atoms in total. The predicted octanol–water partition coefficient (Wildman–Crippen LogP) is 3.83. The maximum Gasteiger partial charge on any atom is 0.326 e. The molecule has 146 valence electrons. The number of benzene rings is 1. The van der Waals surface area contributed by atoms with Gasteiger partial charge in [-0.2, -0.15) is 0 Å². The normalized spacial score (nSPS) is 11.0. The van der Waals surface area contributed by atoms with Gasteiger partial charge in [-0.25, -0.2) is 4.98 Å². The number of imidazole rings is 1. The lowest BCUT2D eigenvalue weighted by molar-refractivity contribution is -0.157. The van der Waals surface area contributed by atoms with E-state index in [0.717, 1.165) is 16.7 Å². The van der Waals surface area contributed by atoms with Gasteiger partial charge in [-0.15, -0.1) is 0 Å².